The van der Waals surface area contributed by atoms with E-state index in [-0.39, 0.29) is 0 Å². The van der Waals surface area contributed by atoms with Gasteiger partial charge < -0.3 is 0 Å². The lowest BCUT2D eigenvalue weighted by Crippen LogP contribution is -2.40. The Morgan fingerprint density at radius 3 is 2.64 bits per heavy atom. The van der Waals surface area contributed by atoms with Crippen molar-refractivity contribution < 1.29 is 4.57 Å². The summed E-state index contributed by atoms with van der Waals surface area (Å²) in [5.74, 6) is 0. The van der Waals surface area contributed by atoms with E-state index >= 15 is 0 Å². The van der Waals surface area contributed by atoms with E-state index in [4.69, 9.17) is 12.2 Å². The topological polar surface area (TPSA) is 8.81 Å². The molecule has 0 saturated carbocycles. The Balaban J connectivity index is 3.12. The first-order valence-corrected chi connectivity index (χ1v) is 5.71. The molecule has 0 unspecified atom stereocenters. The molecule has 2 nitrogen and oxygen atoms in total. The Morgan fingerprint density at radius 2 is 2.07 bits per heavy atom. The maximum absolute atomic E-state index is 5.44. The van der Waals surface area contributed by atoms with Crippen molar-refractivity contribution in [2.45, 2.75) is 46.7 Å². The molecule has 0 saturated heterocycles. The van der Waals surface area contributed by atoms with Gasteiger partial charge in [0, 0.05) is 18.3 Å². The van der Waals surface area contributed by atoms with Crippen LogP contribution >= 0.6 is 12.2 Å². The van der Waals surface area contributed by atoms with Gasteiger partial charge in [-0.25, -0.2) is 9.13 Å². The van der Waals surface area contributed by atoms with Gasteiger partial charge in [-0.15, -0.1) is 0 Å². The lowest BCUT2D eigenvalue weighted by molar-refractivity contribution is -0.713. The third-order valence-electron chi connectivity index (χ3n) is 2.31. The van der Waals surface area contributed by atoms with Crippen LogP contribution in [-0.2, 0) is 13.1 Å². The molecule has 0 fully saturated rings. The summed E-state index contributed by atoms with van der Waals surface area (Å²) in [6, 6.07) is 2.14. The van der Waals surface area contributed by atoms with E-state index in [1.807, 2.05) is 0 Å². The molecular weight excluding hydrogens is 192 g/mol. The predicted molar refractivity (Wildman–Crippen MR) is 60.8 cm³/mol. The summed E-state index contributed by atoms with van der Waals surface area (Å²) in [4.78, 5) is 0. The molecule has 1 heterocycles. The molecule has 0 spiro atoms. The van der Waals surface area contributed by atoms with Crippen LogP contribution in [0.25, 0.3) is 0 Å². The molecule has 0 N–H and O–H groups in total. The molecule has 3 heteroatoms. The third kappa shape index (κ3) is 2.41. The molecule has 1 aromatic heterocycles. The van der Waals surface area contributed by atoms with Gasteiger partial charge in [0.15, 0.2) is 0 Å². The number of hydrogen-bond acceptors (Lipinski definition) is 1. The van der Waals surface area contributed by atoms with Crippen molar-refractivity contribution in [3.05, 3.63) is 22.7 Å². The fourth-order valence-corrected chi connectivity index (χ4v) is 1.95. The van der Waals surface area contributed by atoms with E-state index in [2.05, 4.69) is 42.2 Å². The molecule has 0 aliphatic carbocycles. The third-order valence-corrected chi connectivity index (χ3v) is 2.76. The summed E-state index contributed by atoms with van der Waals surface area (Å²) >= 11 is 5.44. The van der Waals surface area contributed by atoms with E-state index in [0.717, 1.165) is 30.7 Å². The zero-order valence-electron chi connectivity index (χ0n) is 9.29. The van der Waals surface area contributed by atoms with Gasteiger partial charge >= 0.3 is 4.77 Å². The van der Waals surface area contributed by atoms with E-state index in [1.54, 1.807) is 0 Å². The zero-order chi connectivity index (χ0) is 10.6. The van der Waals surface area contributed by atoms with Gasteiger partial charge in [0.1, 0.15) is 5.69 Å². The molecule has 0 atom stereocenters. The molecule has 0 amide bonds. The summed E-state index contributed by atoms with van der Waals surface area (Å²) in [6.45, 7) is 8.50. The van der Waals surface area contributed by atoms with Gasteiger partial charge in [-0.05, 0) is 19.8 Å². The Hall–Kier alpha value is -0.700. The average molecular weight is 211 g/mol. The summed E-state index contributed by atoms with van der Waals surface area (Å²) in [5, 5.41) is 0. The fraction of sp³-hybridized carbons (Fsp3) is 0.636. The van der Waals surface area contributed by atoms with Crippen molar-refractivity contribution in [2.75, 3.05) is 0 Å². The van der Waals surface area contributed by atoms with Gasteiger partial charge in [0.05, 0.1) is 19.3 Å². The summed E-state index contributed by atoms with van der Waals surface area (Å²) < 4.78 is 5.32. The minimum absolute atomic E-state index is 0.953. The number of rotatable bonds is 4. The van der Waals surface area contributed by atoms with Crippen molar-refractivity contribution in [3.63, 3.8) is 0 Å². The molecule has 1 rings (SSSR count). The molecule has 0 bridgehead atoms. The molecule has 0 radical (unpaired) electrons. The van der Waals surface area contributed by atoms with Gasteiger partial charge in [-0.1, -0.05) is 13.8 Å². The van der Waals surface area contributed by atoms with Crippen LogP contribution in [0, 0.1) is 11.7 Å². The van der Waals surface area contributed by atoms with E-state index in [0.29, 0.717) is 0 Å². The monoisotopic (exact) mass is 211 g/mol. The molecule has 0 aromatic carbocycles. The first kappa shape index (κ1) is 11.4. The predicted octanol–water partition coefficient (Wildman–Crippen LogP) is 2.63. The minimum Gasteiger partial charge on any atom is -0.224 e. The first-order valence-electron chi connectivity index (χ1n) is 5.30. The fourth-order valence-electron chi connectivity index (χ4n) is 1.56. The van der Waals surface area contributed by atoms with Crippen LogP contribution in [0.4, 0.5) is 0 Å². The van der Waals surface area contributed by atoms with Crippen LogP contribution in [0.3, 0.4) is 0 Å². The molecular formula is C11H19N2S+. The van der Waals surface area contributed by atoms with Crippen molar-refractivity contribution >= 4 is 12.2 Å². The van der Waals surface area contributed by atoms with Crippen LogP contribution in [0.2, 0.25) is 0 Å². The van der Waals surface area contributed by atoms with Gasteiger partial charge in [-0.3, -0.25) is 0 Å². The summed E-state index contributed by atoms with van der Waals surface area (Å²) in [6.07, 6.45) is 4.35. The number of nitrogens with zero attached hydrogens (tertiary/aromatic N) is 2. The van der Waals surface area contributed by atoms with Crippen molar-refractivity contribution in [1.82, 2.24) is 4.57 Å². The SMILES string of the molecule is CCCn1ccc(C)[n+](CCC)c1=S. The normalized spacial score (nSPS) is 10.5. The quantitative estimate of drug-likeness (QED) is 0.549. The van der Waals surface area contributed by atoms with Crippen LogP contribution in [0.1, 0.15) is 32.4 Å². The lowest BCUT2D eigenvalue weighted by atomic mass is 10.4. The number of aromatic nitrogens is 2. The van der Waals surface area contributed by atoms with Gasteiger partial charge in [-0.2, -0.15) is 0 Å². The van der Waals surface area contributed by atoms with Crippen LogP contribution in [0.15, 0.2) is 12.3 Å². The molecule has 1 aromatic rings. The highest BCUT2D eigenvalue weighted by molar-refractivity contribution is 7.71. The van der Waals surface area contributed by atoms with Crippen molar-refractivity contribution in [2.24, 2.45) is 0 Å². The lowest BCUT2D eigenvalue weighted by Gasteiger charge is -2.05. The Labute approximate surface area is 91.2 Å². The molecule has 78 valence electrons. The van der Waals surface area contributed by atoms with E-state index in [1.165, 1.54) is 5.69 Å². The van der Waals surface area contributed by atoms with Crippen molar-refractivity contribution in [3.8, 4) is 0 Å². The zero-order valence-corrected chi connectivity index (χ0v) is 10.1. The van der Waals surface area contributed by atoms with Crippen LogP contribution < -0.4 is 4.57 Å². The molecule has 0 aliphatic heterocycles. The van der Waals surface area contributed by atoms with Gasteiger partial charge in [0.2, 0.25) is 0 Å². The molecule has 0 aliphatic rings. The highest BCUT2D eigenvalue weighted by Gasteiger charge is 2.08. The largest absolute Gasteiger partial charge is 0.350 e. The Bertz CT molecular complexity index is 355. The number of hydrogen-bond donors (Lipinski definition) is 0. The van der Waals surface area contributed by atoms with Crippen molar-refractivity contribution in [1.29, 1.82) is 0 Å². The maximum atomic E-state index is 5.44. The smallest absolute Gasteiger partial charge is 0.224 e. The number of aryl methyl sites for hydroxylation is 2. The first-order chi connectivity index (χ1) is 6.70. The maximum Gasteiger partial charge on any atom is 0.350 e. The second-order valence-corrected chi connectivity index (χ2v) is 3.95. The summed E-state index contributed by atoms with van der Waals surface area (Å²) in [5.41, 5.74) is 1.25. The second-order valence-electron chi connectivity index (χ2n) is 3.58. The van der Waals surface area contributed by atoms with Gasteiger partial charge in [0.25, 0.3) is 0 Å². The standard InChI is InChI=1S/C11H19N2S/c1-4-7-12-9-6-10(3)13(8-5-2)11(12)14/h6,9H,4-5,7-8H2,1-3H3/q+1. The second kappa shape index (κ2) is 5.25. The summed E-state index contributed by atoms with van der Waals surface area (Å²) in [7, 11) is 0. The Kier molecular flexibility index (Phi) is 4.26. The Morgan fingerprint density at radius 1 is 1.36 bits per heavy atom. The van der Waals surface area contributed by atoms with Crippen LogP contribution in [-0.4, -0.2) is 4.57 Å². The molecule has 14 heavy (non-hydrogen) atoms. The highest BCUT2D eigenvalue weighted by atomic mass is 32.1. The van der Waals surface area contributed by atoms with E-state index < -0.39 is 0 Å². The van der Waals surface area contributed by atoms with Crippen LogP contribution in [0.5, 0.6) is 0 Å². The highest BCUT2D eigenvalue weighted by Crippen LogP contribution is 1.96. The average Bonchev–Trinajstić information content (AvgIpc) is 2.17. The minimum atomic E-state index is 0.953. The van der Waals surface area contributed by atoms with E-state index in [9.17, 15) is 0 Å².